The number of halogens is 1. The third-order valence-corrected chi connectivity index (χ3v) is 2.95. The van der Waals surface area contributed by atoms with E-state index in [0.717, 1.165) is 19.3 Å². The van der Waals surface area contributed by atoms with Crippen LogP contribution in [-0.2, 0) is 4.74 Å². The van der Waals surface area contributed by atoms with Crippen molar-refractivity contribution in [2.45, 2.75) is 26.2 Å². The molecule has 4 heteroatoms. The van der Waals surface area contributed by atoms with Crippen LogP contribution in [0.2, 0.25) is 0 Å². The Kier molecular flexibility index (Phi) is 6.18. The molecule has 1 aromatic rings. The van der Waals surface area contributed by atoms with Crippen LogP contribution < -0.4 is 0 Å². The maximum atomic E-state index is 11.6. The third kappa shape index (κ3) is 4.85. The van der Waals surface area contributed by atoms with Crippen molar-refractivity contribution in [3.8, 4) is 0 Å². The van der Waals surface area contributed by atoms with Crippen LogP contribution in [0.3, 0.4) is 0 Å². The molecule has 0 amide bonds. The topological polar surface area (TPSA) is 43.4 Å². The van der Waals surface area contributed by atoms with Gasteiger partial charge in [0.15, 0.2) is 0 Å². The van der Waals surface area contributed by atoms with Crippen LogP contribution in [0, 0.1) is 0 Å². The predicted octanol–water partition coefficient (Wildman–Crippen LogP) is 3.61. The molecule has 0 aliphatic carbocycles. The van der Waals surface area contributed by atoms with Crippen molar-refractivity contribution in [2.75, 3.05) is 6.61 Å². The third-order valence-electron chi connectivity index (χ3n) is 2.33. The maximum absolute atomic E-state index is 11.6. The fraction of sp³-hybridized carbons (Fsp3) is 0.385. The van der Waals surface area contributed by atoms with E-state index in [4.69, 9.17) is 4.74 Å². The summed E-state index contributed by atoms with van der Waals surface area (Å²) in [4.78, 5) is 22.6. The van der Waals surface area contributed by atoms with Crippen molar-refractivity contribution in [1.82, 2.24) is 0 Å². The van der Waals surface area contributed by atoms with E-state index in [9.17, 15) is 9.59 Å². The summed E-state index contributed by atoms with van der Waals surface area (Å²) in [6.07, 6.45) is 3.06. The van der Waals surface area contributed by atoms with E-state index in [2.05, 4.69) is 6.92 Å². The highest BCUT2D eigenvalue weighted by atomic mass is 127. The highest BCUT2D eigenvalue weighted by Crippen LogP contribution is 2.09. The number of hydrogen-bond donors (Lipinski definition) is 0. The minimum absolute atomic E-state index is 0.0366. The molecule has 0 saturated carbocycles. The summed E-state index contributed by atoms with van der Waals surface area (Å²) in [6, 6.07) is 6.51. The van der Waals surface area contributed by atoms with Gasteiger partial charge in [0.2, 0.25) is 3.79 Å². The molecule has 0 spiro atoms. The summed E-state index contributed by atoms with van der Waals surface area (Å²) >= 11 is 1.71. The van der Waals surface area contributed by atoms with E-state index in [1.807, 2.05) is 0 Å². The zero-order chi connectivity index (χ0) is 12.7. The quantitative estimate of drug-likeness (QED) is 0.342. The van der Waals surface area contributed by atoms with Crippen LogP contribution in [0.15, 0.2) is 24.3 Å². The Morgan fingerprint density at radius 1 is 1.12 bits per heavy atom. The standard InChI is InChI=1S/C13H15IO3/c1-2-3-4-9-17-13(16)11-7-5-10(6-8-11)12(14)15/h5-8H,2-4,9H2,1H3. The lowest BCUT2D eigenvalue weighted by molar-refractivity contribution is 0.0498. The van der Waals surface area contributed by atoms with Crippen molar-refractivity contribution in [2.24, 2.45) is 0 Å². The number of carbonyl (C=O) groups excluding carboxylic acids is 2. The van der Waals surface area contributed by atoms with Crippen LogP contribution in [0.1, 0.15) is 46.9 Å². The molecule has 0 heterocycles. The molecule has 0 unspecified atom stereocenters. The smallest absolute Gasteiger partial charge is 0.338 e. The van der Waals surface area contributed by atoms with Crippen LogP contribution in [-0.4, -0.2) is 16.4 Å². The first-order chi connectivity index (χ1) is 8.15. The second kappa shape index (κ2) is 7.42. The van der Waals surface area contributed by atoms with E-state index in [-0.39, 0.29) is 9.76 Å². The van der Waals surface area contributed by atoms with Gasteiger partial charge in [-0.3, -0.25) is 4.79 Å². The molecule has 0 atom stereocenters. The van der Waals surface area contributed by atoms with Crippen LogP contribution in [0.4, 0.5) is 0 Å². The van der Waals surface area contributed by atoms with Crippen LogP contribution >= 0.6 is 22.6 Å². The van der Waals surface area contributed by atoms with Gasteiger partial charge in [0.1, 0.15) is 0 Å². The minimum atomic E-state index is -0.325. The molecular weight excluding hydrogens is 331 g/mol. The summed E-state index contributed by atoms with van der Waals surface area (Å²) in [5, 5.41) is 0. The number of hydrogen-bond acceptors (Lipinski definition) is 3. The second-order valence-corrected chi connectivity index (χ2v) is 4.67. The van der Waals surface area contributed by atoms with E-state index in [0.29, 0.717) is 17.7 Å². The Morgan fingerprint density at radius 3 is 2.24 bits per heavy atom. The molecule has 0 N–H and O–H groups in total. The molecule has 0 fully saturated rings. The second-order valence-electron chi connectivity index (χ2n) is 3.69. The Balaban J connectivity index is 2.49. The first kappa shape index (κ1) is 14.2. The van der Waals surface area contributed by atoms with Gasteiger partial charge >= 0.3 is 5.97 Å². The Bertz CT molecular complexity index is 384. The average Bonchev–Trinajstić information content (AvgIpc) is 2.34. The number of ether oxygens (including phenoxy) is 1. The lowest BCUT2D eigenvalue weighted by Gasteiger charge is -2.04. The summed E-state index contributed by atoms with van der Waals surface area (Å²) in [7, 11) is 0. The maximum Gasteiger partial charge on any atom is 0.338 e. The first-order valence-electron chi connectivity index (χ1n) is 5.62. The lowest BCUT2D eigenvalue weighted by Crippen LogP contribution is -2.06. The van der Waals surface area contributed by atoms with Gasteiger partial charge in [0.25, 0.3) is 0 Å². The zero-order valence-corrected chi connectivity index (χ0v) is 11.9. The molecule has 92 valence electrons. The van der Waals surface area contributed by atoms with Gasteiger partial charge in [-0.2, -0.15) is 0 Å². The fourth-order valence-electron chi connectivity index (χ4n) is 1.34. The summed E-state index contributed by atoms with van der Waals surface area (Å²) in [6.45, 7) is 2.56. The average molecular weight is 346 g/mol. The van der Waals surface area contributed by atoms with E-state index in [1.165, 1.54) is 0 Å². The van der Waals surface area contributed by atoms with Crippen molar-refractivity contribution in [1.29, 1.82) is 0 Å². The highest BCUT2D eigenvalue weighted by molar-refractivity contribution is 14.1. The first-order valence-corrected chi connectivity index (χ1v) is 6.70. The number of unbranched alkanes of at least 4 members (excludes halogenated alkanes) is 2. The Hall–Kier alpha value is -0.910. The summed E-state index contributed by atoms with van der Waals surface area (Å²) in [5.41, 5.74) is 1.08. The number of carbonyl (C=O) groups is 2. The molecule has 0 aliphatic heterocycles. The Morgan fingerprint density at radius 2 is 1.71 bits per heavy atom. The SMILES string of the molecule is CCCCCOC(=O)c1ccc(C(=O)I)cc1. The molecule has 0 bridgehead atoms. The molecule has 0 radical (unpaired) electrons. The van der Waals surface area contributed by atoms with Crippen LogP contribution in [0.25, 0.3) is 0 Å². The predicted molar refractivity (Wildman–Crippen MR) is 74.6 cm³/mol. The van der Waals surface area contributed by atoms with Gasteiger partial charge in [0.05, 0.1) is 12.2 Å². The molecule has 3 nitrogen and oxygen atoms in total. The van der Waals surface area contributed by atoms with Gasteiger partial charge in [0, 0.05) is 28.2 Å². The number of esters is 1. The van der Waals surface area contributed by atoms with Crippen LogP contribution in [0.5, 0.6) is 0 Å². The molecule has 1 rings (SSSR count). The normalized spacial score (nSPS) is 10.0. The summed E-state index contributed by atoms with van der Waals surface area (Å²) < 4.78 is 5.07. The molecule has 0 aromatic heterocycles. The van der Waals surface area contributed by atoms with E-state index >= 15 is 0 Å². The van der Waals surface area contributed by atoms with Gasteiger partial charge in [-0.15, -0.1) is 0 Å². The molecule has 0 aliphatic rings. The molecule has 1 aromatic carbocycles. The summed E-state index contributed by atoms with van der Waals surface area (Å²) in [5.74, 6) is -0.325. The highest BCUT2D eigenvalue weighted by Gasteiger charge is 2.07. The van der Waals surface area contributed by atoms with Gasteiger partial charge < -0.3 is 4.74 Å². The van der Waals surface area contributed by atoms with Crippen molar-refractivity contribution < 1.29 is 14.3 Å². The van der Waals surface area contributed by atoms with Crippen molar-refractivity contribution in [3.05, 3.63) is 35.4 Å². The molecular formula is C13H15IO3. The van der Waals surface area contributed by atoms with Crippen molar-refractivity contribution >= 4 is 32.4 Å². The van der Waals surface area contributed by atoms with Gasteiger partial charge in [-0.05, 0) is 30.7 Å². The Labute approximate surface area is 115 Å². The number of rotatable bonds is 6. The lowest BCUT2D eigenvalue weighted by atomic mass is 10.1. The van der Waals surface area contributed by atoms with E-state index < -0.39 is 0 Å². The minimum Gasteiger partial charge on any atom is -0.462 e. The fourth-order valence-corrected chi connectivity index (χ4v) is 1.70. The largest absolute Gasteiger partial charge is 0.462 e. The monoisotopic (exact) mass is 346 g/mol. The van der Waals surface area contributed by atoms with E-state index in [1.54, 1.807) is 46.9 Å². The zero-order valence-electron chi connectivity index (χ0n) is 9.74. The van der Waals surface area contributed by atoms with Gasteiger partial charge in [-0.1, -0.05) is 19.8 Å². The molecule has 0 saturated heterocycles. The van der Waals surface area contributed by atoms with Gasteiger partial charge in [-0.25, -0.2) is 4.79 Å². The number of benzene rings is 1. The molecule has 17 heavy (non-hydrogen) atoms. The van der Waals surface area contributed by atoms with Crippen molar-refractivity contribution in [3.63, 3.8) is 0 Å².